The summed E-state index contributed by atoms with van der Waals surface area (Å²) in [6, 6.07) is 8.29. The molecule has 8 heteroatoms. The molecule has 0 aliphatic carbocycles. The van der Waals surface area contributed by atoms with Gasteiger partial charge in [0.1, 0.15) is 29.0 Å². The summed E-state index contributed by atoms with van der Waals surface area (Å²) in [5.74, 6) is -2.24. The number of carbonyl (C=O) groups excluding carboxylic acids is 2. The number of rotatable bonds is 6. The van der Waals surface area contributed by atoms with E-state index >= 15 is 0 Å². The van der Waals surface area contributed by atoms with Gasteiger partial charge in [-0.3, -0.25) is 9.59 Å². The first-order chi connectivity index (χ1) is 16.3. The van der Waals surface area contributed by atoms with Gasteiger partial charge in [-0.1, -0.05) is 19.9 Å². The predicted octanol–water partition coefficient (Wildman–Crippen LogP) is 4.62. The van der Waals surface area contributed by atoms with Crippen molar-refractivity contribution in [2.75, 3.05) is 20.2 Å². The van der Waals surface area contributed by atoms with Crippen LogP contribution >= 0.6 is 0 Å². The van der Waals surface area contributed by atoms with E-state index in [2.05, 4.69) is 10.3 Å². The zero-order valence-electron chi connectivity index (χ0n) is 19.5. The van der Waals surface area contributed by atoms with Gasteiger partial charge >= 0.3 is 0 Å². The molecule has 1 atom stereocenters. The van der Waals surface area contributed by atoms with Crippen LogP contribution in [0.15, 0.2) is 42.6 Å². The second-order valence-electron chi connectivity index (χ2n) is 9.05. The summed E-state index contributed by atoms with van der Waals surface area (Å²) < 4.78 is 33.4. The minimum absolute atomic E-state index is 0.237. The van der Waals surface area contributed by atoms with Crippen LogP contribution in [0.4, 0.5) is 8.78 Å². The lowest BCUT2D eigenvalue weighted by Gasteiger charge is -2.35. The van der Waals surface area contributed by atoms with Crippen molar-refractivity contribution in [2.24, 2.45) is 5.92 Å². The Kier molecular flexibility index (Phi) is 6.86. The number of piperidine rings is 1. The van der Waals surface area contributed by atoms with Crippen molar-refractivity contribution < 1.29 is 23.1 Å². The number of benzene rings is 2. The molecule has 2 amide bonds. The van der Waals surface area contributed by atoms with Gasteiger partial charge in [0.05, 0.1) is 7.11 Å². The lowest BCUT2D eigenvalue weighted by molar-refractivity contribution is -0.135. The van der Waals surface area contributed by atoms with E-state index in [1.165, 1.54) is 11.6 Å². The number of ether oxygens (including phenoxy) is 1. The van der Waals surface area contributed by atoms with Crippen LogP contribution in [-0.2, 0) is 4.79 Å². The molecule has 1 aliphatic rings. The van der Waals surface area contributed by atoms with Crippen LogP contribution in [0.5, 0.6) is 5.75 Å². The van der Waals surface area contributed by atoms with Crippen LogP contribution in [0.2, 0.25) is 0 Å². The summed E-state index contributed by atoms with van der Waals surface area (Å²) in [5.41, 5.74) is 1.57. The number of amides is 2. The average molecular weight is 470 g/mol. The van der Waals surface area contributed by atoms with Crippen LogP contribution in [0.3, 0.4) is 0 Å². The van der Waals surface area contributed by atoms with Crippen molar-refractivity contribution in [3.63, 3.8) is 0 Å². The molecule has 0 bridgehead atoms. The third-order valence-electron chi connectivity index (χ3n) is 6.58. The molecule has 6 nitrogen and oxygen atoms in total. The predicted molar refractivity (Wildman–Crippen MR) is 126 cm³/mol. The quantitative estimate of drug-likeness (QED) is 0.554. The summed E-state index contributed by atoms with van der Waals surface area (Å²) in [6.07, 6.45) is 3.57. The third kappa shape index (κ3) is 4.62. The van der Waals surface area contributed by atoms with Crippen molar-refractivity contribution in [1.82, 2.24) is 15.2 Å². The van der Waals surface area contributed by atoms with Gasteiger partial charge in [0.15, 0.2) is 0 Å². The molecule has 0 spiro atoms. The number of likely N-dealkylation sites (tertiary alicyclic amines) is 1. The lowest BCUT2D eigenvalue weighted by Crippen LogP contribution is -2.53. The fourth-order valence-corrected chi connectivity index (χ4v) is 4.64. The van der Waals surface area contributed by atoms with E-state index in [0.717, 1.165) is 41.6 Å². The van der Waals surface area contributed by atoms with Crippen LogP contribution in [0.25, 0.3) is 10.9 Å². The Balaban J connectivity index is 1.45. The number of nitrogens with zero attached hydrogens (tertiary/aromatic N) is 1. The molecule has 1 aliphatic heterocycles. The number of aromatic amines is 1. The Morgan fingerprint density at radius 2 is 1.79 bits per heavy atom. The maximum Gasteiger partial charge on any atom is 0.257 e. The molecule has 0 saturated carbocycles. The number of aromatic nitrogens is 1. The van der Waals surface area contributed by atoms with Crippen molar-refractivity contribution in [3.05, 3.63) is 65.4 Å². The van der Waals surface area contributed by atoms with Gasteiger partial charge in [-0.25, -0.2) is 8.78 Å². The van der Waals surface area contributed by atoms with Gasteiger partial charge in [-0.2, -0.15) is 0 Å². The molecule has 1 saturated heterocycles. The summed E-state index contributed by atoms with van der Waals surface area (Å²) in [7, 11) is 1.64. The summed E-state index contributed by atoms with van der Waals surface area (Å²) in [6.45, 7) is 4.67. The summed E-state index contributed by atoms with van der Waals surface area (Å²) in [4.78, 5) is 30.9. The van der Waals surface area contributed by atoms with Gasteiger partial charge in [-0.05, 0) is 60.6 Å². The Labute approximate surface area is 197 Å². The fraction of sp³-hybridized carbons (Fsp3) is 0.385. The largest absolute Gasteiger partial charge is 0.497 e. The highest BCUT2D eigenvalue weighted by Crippen LogP contribution is 2.35. The van der Waals surface area contributed by atoms with E-state index < -0.39 is 29.1 Å². The number of fused-ring (bicyclic) bond motifs is 1. The van der Waals surface area contributed by atoms with Crippen LogP contribution in [0.1, 0.15) is 48.5 Å². The monoisotopic (exact) mass is 469 g/mol. The second-order valence-corrected chi connectivity index (χ2v) is 9.05. The molecular formula is C26H29F2N3O3. The number of carbonyl (C=O) groups is 2. The first kappa shape index (κ1) is 23.7. The zero-order chi connectivity index (χ0) is 24.4. The SMILES string of the molecule is COc1ccc2[nH]cc(C3CCN(C(=O)[C@@H](NC(=O)c4c(F)cccc4F)C(C)C)CC3)c2c1. The van der Waals surface area contributed by atoms with Crippen molar-refractivity contribution in [1.29, 1.82) is 0 Å². The standard InChI is InChI=1S/C26H29F2N3O3/c1-15(2)24(30-25(32)23-20(27)5-4-6-21(23)28)26(33)31-11-9-16(10-12-31)19-14-29-22-8-7-17(34-3)13-18(19)22/h4-8,13-16,24,29H,9-12H2,1-3H3,(H,30,32)/t24-/m0/s1. The van der Waals surface area contributed by atoms with E-state index in [9.17, 15) is 18.4 Å². The van der Waals surface area contributed by atoms with Gasteiger partial charge in [-0.15, -0.1) is 0 Å². The number of H-pyrrole nitrogens is 1. The molecule has 3 aromatic rings. The second kappa shape index (κ2) is 9.83. The maximum absolute atomic E-state index is 14.0. The minimum Gasteiger partial charge on any atom is -0.497 e. The Morgan fingerprint density at radius 3 is 2.41 bits per heavy atom. The number of methoxy groups -OCH3 is 1. The van der Waals surface area contributed by atoms with Gasteiger partial charge in [0.25, 0.3) is 5.91 Å². The molecule has 1 aromatic heterocycles. The van der Waals surface area contributed by atoms with E-state index in [1.54, 1.807) is 25.9 Å². The smallest absolute Gasteiger partial charge is 0.257 e. The van der Waals surface area contributed by atoms with Crippen LogP contribution in [0, 0.1) is 17.6 Å². The molecule has 1 fully saturated rings. The Morgan fingerprint density at radius 1 is 1.12 bits per heavy atom. The average Bonchev–Trinajstić information content (AvgIpc) is 3.25. The van der Waals surface area contributed by atoms with E-state index in [4.69, 9.17) is 4.74 Å². The molecule has 2 heterocycles. The lowest BCUT2D eigenvalue weighted by atomic mass is 9.88. The number of hydrogen-bond donors (Lipinski definition) is 2. The highest BCUT2D eigenvalue weighted by Gasteiger charge is 2.33. The van der Waals surface area contributed by atoms with Crippen LogP contribution in [-0.4, -0.2) is 47.9 Å². The van der Waals surface area contributed by atoms with Gasteiger partial charge < -0.3 is 19.9 Å². The summed E-state index contributed by atoms with van der Waals surface area (Å²) >= 11 is 0. The topological polar surface area (TPSA) is 74.4 Å². The molecule has 0 unspecified atom stereocenters. The molecule has 2 aromatic carbocycles. The number of hydrogen-bond acceptors (Lipinski definition) is 3. The fourth-order valence-electron chi connectivity index (χ4n) is 4.64. The zero-order valence-corrected chi connectivity index (χ0v) is 19.5. The van der Waals surface area contributed by atoms with E-state index in [0.29, 0.717) is 13.1 Å². The maximum atomic E-state index is 14.0. The van der Waals surface area contributed by atoms with Gasteiger partial charge in [0, 0.05) is 30.2 Å². The normalized spacial score (nSPS) is 15.5. The van der Waals surface area contributed by atoms with E-state index in [1.807, 2.05) is 24.4 Å². The highest BCUT2D eigenvalue weighted by molar-refractivity contribution is 5.98. The number of halogens is 2. The molecule has 2 N–H and O–H groups in total. The third-order valence-corrected chi connectivity index (χ3v) is 6.58. The van der Waals surface area contributed by atoms with Crippen molar-refractivity contribution in [2.45, 2.75) is 38.6 Å². The van der Waals surface area contributed by atoms with Crippen molar-refractivity contribution >= 4 is 22.7 Å². The molecule has 0 radical (unpaired) electrons. The molecule has 4 rings (SSSR count). The van der Waals surface area contributed by atoms with Crippen LogP contribution < -0.4 is 10.1 Å². The Bertz CT molecular complexity index is 1180. The van der Waals surface area contributed by atoms with Gasteiger partial charge in [0.2, 0.25) is 5.91 Å². The Hall–Kier alpha value is -3.42. The first-order valence-electron chi connectivity index (χ1n) is 11.5. The highest BCUT2D eigenvalue weighted by atomic mass is 19.1. The molecular weight excluding hydrogens is 440 g/mol. The minimum atomic E-state index is -0.955. The van der Waals surface area contributed by atoms with E-state index in [-0.39, 0.29) is 17.7 Å². The summed E-state index contributed by atoms with van der Waals surface area (Å²) in [5, 5.41) is 3.67. The molecule has 180 valence electrons. The number of nitrogens with one attached hydrogen (secondary N) is 2. The molecule has 34 heavy (non-hydrogen) atoms. The van der Waals surface area contributed by atoms with Crippen molar-refractivity contribution in [3.8, 4) is 5.75 Å². The first-order valence-corrected chi connectivity index (χ1v) is 11.5.